The van der Waals surface area contributed by atoms with Crippen molar-refractivity contribution in [3.8, 4) is 0 Å². The molecule has 0 aromatic rings. The van der Waals surface area contributed by atoms with E-state index in [9.17, 15) is 9.59 Å². The highest BCUT2D eigenvalue weighted by Crippen LogP contribution is 2.22. The number of carbonyl (C=O) groups excluding carboxylic acids is 1. The number of carbonyl (C=O) groups is 2. The molecule has 5 heteroatoms. The van der Waals surface area contributed by atoms with Gasteiger partial charge in [-0.15, -0.1) is 0 Å². The van der Waals surface area contributed by atoms with Crippen molar-refractivity contribution in [2.45, 2.75) is 76.9 Å². The topological polar surface area (TPSA) is 69.6 Å². The molecule has 1 saturated carbocycles. The molecule has 0 aliphatic heterocycles. The van der Waals surface area contributed by atoms with E-state index in [1.54, 1.807) is 6.92 Å². The van der Waals surface area contributed by atoms with Crippen molar-refractivity contribution in [2.75, 3.05) is 7.05 Å². The Balaban J connectivity index is 2.53. The molecule has 20 heavy (non-hydrogen) atoms. The van der Waals surface area contributed by atoms with Gasteiger partial charge in [0, 0.05) is 13.1 Å². The number of carboxylic acid groups (broad SMARTS) is 1. The van der Waals surface area contributed by atoms with E-state index in [2.05, 4.69) is 5.32 Å². The van der Waals surface area contributed by atoms with E-state index in [1.807, 2.05) is 18.9 Å². The van der Waals surface area contributed by atoms with Gasteiger partial charge in [0.05, 0.1) is 6.04 Å². The number of hydrogen-bond acceptors (Lipinski definition) is 3. The molecule has 1 amide bonds. The molecule has 0 bridgehead atoms. The molecular weight excluding hydrogens is 256 g/mol. The van der Waals surface area contributed by atoms with Gasteiger partial charge in [0.25, 0.3) is 0 Å². The van der Waals surface area contributed by atoms with Crippen LogP contribution >= 0.6 is 0 Å². The molecule has 0 spiro atoms. The van der Waals surface area contributed by atoms with Gasteiger partial charge in [-0.25, -0.2) is 0 Å². The number of nitrogens with zero attached hydrogens (tertiary/aromatic N) is 1. The minimum absolute atomic E-state index is 0.000692. The van der Waals surface area contributed by atoms with Crippen LogP contribution in [0.3, 0.4) is 0 Å². The van der Waals surface area contributed by atoms with Gasteiger partial charge in [-0.1, -0.05) is 32.6 Å². The molecular formula is C15H28N2O3. The van der Waals surface area contributed by atoms with Crippen LogP contribution in [0.15, 0.2) is 0 Å². The molecule has 1 rings (SSSR count). The largest absolute Gasteiger partial charge is 0.480 e. The molecule has 1 aliphatic rings. The Morgan fingerprint density at radius 2 is 1.90 bits per heavy atom. The van der Waals surface area contributed by atoms with Crippen LogP contribution in [0.1, 0.15) is 58.8 Å². The van der Waals surface area contributed by atoms with Crippen molar-refractivity contribution in [3.05, 3.63) is 0 Å². The van der Waals surface area contributed by atoms with Gasteiger partial charge in [-0.2, -0.15) is 0 Å². The van der Waals surface area contributed by atoms with E-state index >= 15 is 0 Å². The molecule has 0 aromatic heterocycles. The lowest BCUT2D eigenvalue weighted by molar-refractivity contribution is -0.141. The lowest BCUT2D eigenvalue weighted by Gasteiger charge is -2.33. The van der Waals surface area contributed by atoms with Crippen LogP contribution in [0.2, 0.25) is 0 Å². The van der Waals surface area contributed by atoms with Crippen molar-refractivity contribution >= 4 is 11.9 Å². The highest BCUT2D eigenvalue weighted by Gasteiger charge is 2.28. The van der Waals surface area contributed by atoms with Crippen molar-refractivity contribution in [3.63, 3.8) is 0 Å². The standard InChI is InChI=1S/C15H28N2O3/c1-4-8-13(15(19)20)16-11(2)14(18)17(3)12-9-6-5-7-10-12/h11-13,16H,4-10H2,1-3H3,(H,19,20). The Bertz CT molecular complexity index is 327. The zero-order valence-electron chi connectivity index (χ0n) is 12.9. The van der Waals surface area contributed by atoms with Crippen molar-refractivity contribution in [2.24, 2.45) is 0 Å². The fraction of sp³-hybridized carbons (Fsp3) is 0.867. The SMILES string of the molecule is CCCC(NC(C)C(=O)N(C)C1CCCCC1)C(=O)O. The molecule has 2 N–H and O–H groups in total. The van der Waals surface area contributed by atoms with Crippen LogP contribution in [0, 0.1) is 0 Å². The fourth-order valence-electron chi connectivity index (χ4n) is 2.89. The minimum atomic E-state index is -0.883. The maximum atomic E-state index is 12.4. The monoisotopic (exact) mass is 284 g/mol. The number of amides is 1. The first-order valence-corrected chi connectivity index (χ1v) is 7.72. The van der Waals surface area contributed by atoms with Gasteiger partial charge >= 0.3 is 5.97 Å². The van der Waals surface area contributed by atoms with Gasteiger partial charge in [0.1, 0.15) is 6.04 Å². The number of rotatable bonds is 7. The first-order chi connectivity index (χ1) is 9.47. The summed E-state index contributed by atoms with van der Waals surface area (Å²) in [6.45, 7) is 3.70. The lowest BCUT2D eigenvalue weighted by atomic mass is 9.94. The van der Waals surface area contributed by atoms with E-state index in [0.29, 0.717) is 12.5 Å². The Kier molecular flexibility index (Phi) is 6.99. The van der Waals surface area contributed by atoms with Crippen LogP contribution in [0.25, 0.3) is 0 Å². The number of carboxylic acids is 1. The molecule has 1 aliphatic carbocycles. The van der Waals surface area contributed by atoms with E-state index in [-0.39, 0.29) is 5.91 Å². The molecule has 2 unspecified atom stereocenters. The molecule has 0 heterocycles. The minimum Gasteiger partial charge on any atom is -0.480 e. The van der Waals surface area contributed by atoms with Gasteiger partial charge in [-0.3, -0.25) is 14.9 Å². The average molecular weight is 284 g/mol. The van der Waals surface area contributed by atoms with E-state index < -0.39 is 18.1 Å². The van der Waals surface area contributed by atoms with E-state index in [4.69, 9.17) is 5.11 Å². The van der Waals surface area contributed by atoms with Crippen LogP contribution in [-0.2, 0) is 9.59 Å². The molecule has 5 nitrogen and oxygen atoms in total. The van der Waals surface area contributed by atoms with Gasteiger partial charge in [-0.05, 0) is 26.2 Å². The third kappa shape index (κ3) is 4.78. The lowest BCUT2D eigenvalue weighted by Crippen LogP contribution is -2.52. The predicted molar refractivity (Wildman–Crippen MR) is 78.6 cm³/mol. The first kappa shape index (κ1) is 17.0. The fourth-order valence-corrected chi connectivity index (χ4v) is 2.89. The molecule has 1 fully saturated rings. The summed E-state index contributed by atoms with van der Waals surface area (Å²) >= 11 is 0. The second-order valence-corrected chi connectivity index (χ2v) is 5.81. The van der Waals surface area contributed by atoms with Crippen LogP contribution in [0.5, 0.6) is 0 Å². The van der Waals surface area contributed by atoms with E-state index in [0.717, 1.165) is 19.3 Å². The smallest absolute Gasteiger partial charge is 0.320 e. The molecule has 2 atom stereocenters. The number of hydrogen-bond donors (Lipinski definition) is 2. The summed E-state index contributed by atoms with van der Waals surface area (Å²) in [7, 11) is 1.84. The quantitative estimate of drug-likeness (QED) is 0.750. The maximum absolute atomic E-state index is 12.4. The highest BCUT2D eigenvalue weighted by atomic mass is 16.4. The molecule has 116 valence electrons. The predicted octanol–water partition coefficient (Wildman–Crippen LogP) is 2.01. The Morgan fingerprint density at radius 3 is 2.40 bits per heavy atom. The third-order valence-corrected chi connectivity index (χ3v) is 4.17. The number of likely N-dealkylation sites (N-methyl/N-ethyl adjacent to an activating group) is 1. The van der Waals surface area contributed by atoms with Gasteiger partial charge < -0.3 is 10.0 Å². The number of nitrogens with one attached hydrogen (secondary N) is 1. The molecule has 0 saturated heterocycles. The zero-order valence-corrected chi connectivity index (χ0v) is 12.9. The maximum Gasteiger partial charge on any atom is 0.320 e. The summed E-state index contributed by atoms with van der Waals surface area (Å²) in [5.41, 5.74) is 0. The summed E-state index contributed by atoms with van der Waals surface area (Å²) in [5, 5.41) is 12.1. The van der Waals surface area contributed by atoms with Gasteiger partial charge in [0.15, 0.2) is 0 Å². The Labute approximate surface area is 121 Å². The molecule has 0 radical (unpaired) electrons. The summed E-state index contributed by atoms with van der Waals surface area (Å²) in [6, 6.07) is -0.775. The third-order valence-electron chi connectivity index (χ3n) is 4.17. The summed E-state index contributed by atoms with van der Waals surface area (Å²) in [4.78, 5) is 25.3. The normalized spacial score (nSPS) is 19.4. The van der Waals surface area contributed by atoms with Crippen LogP contribution in [-0.4, -0.2) is 47.1 Å². The van der Waals surface area contributed by atoms with Crippen molar-refractivity contribution < 1.29 is 14.7 Å². The van der Waals surface area contributed by atoms with Crippen LogP contribution in [0.4, 0.5) is 0 Å². The molecule has 0 aromatic carbocycles. The summed E-state index contributed by atoms with van der Waals surface area (Å²) < 4.78 is 0. The van der Waals surface area contributed by atoms with E-state index in [1.165, 1.54) is 19.3 Å². The average Bonchev–Trinajstić information content (AvgIpc) is 2.45. The summed E-state index contributed by atoms with van der Waals surface area (Å²) in [6.07, 6.45) is 7.06. The highest BCUT2D eigenvalue weighted by molar-refractivity contribution is 5.83. The Morgan fingerprint density at radius 1 is 1.30 bits per heavy atom. The second kappa shape index (κ2) is 8.25. The van der Waals surface area contributed by atoms with Gasteiger partial charge in [0.2, 0.25) is 5.91 Å². The Hall–Kier alpha value is -1.10. The number of aliphatic carboxylic acids is 1. The second-order valence-electron chi connectivity index (χ2n) is 5.81. The summed E-state index contributed by atoms with van der Waals surface area (Å²) in [5.74, 6) is -0.883. The van der Waals surface area contributed by atoms with Crippen molar-refractivity contribution in [1.29, 1.82) is 0 Å². The van der Waals surface area contributed by atoms with Crippen LogP contribution < -0.4 is 5.32 Å². The van der Waals surface area contributed by atoms with Crippen molar-refractivity contribution in [1.82, 2.24) is 10.2 Å². The zero-order chi connectivity index (χ0) is 15.1. The first-order valence-electron chi connectivity index (χ1n) is 7.72.